The second-order valence-electron chi connectivity index (χ2n) is 7.24. The summed E-state index contributed by atoms with van der Waals surface area (Å²) in [6, 6.07) is 8.95. The maximum atomic E-state index is 9.84. The minimum Gasteiger partial charge on any atom is -0.497 e. The predicted molar refractivity (Wildman–Crippen MR) is 98.9 cm³/mol. The van der Waals surface area contributed by atoms with Gasteiger partial charge in [0.1, 0.15) is 5.75 Å². The average molecular weight is 348 g/mol. The Hall–Kier alpha value is -1.14. The Kier molecular flexibility index (Phi) is 7.11. The lowest BCUT2D eigenvalue weighted by atomic mass is 9.91. The van der Waals surface area contributed by atoms with E-state index in [1.807, 2.05) is 6.07 Å². The summed E-state index contributed by atoms with van der Waals surface area (Å²) in [5.41, 5.74) is 1.30. The van der Waals surface area contributed by atoms with Crippen LogP contribution in [0, 0.1) is 0 Å². The van der Waals surface area contributed by atoms with Gasteiger partial charge in [-0.1, -0.05) is 12.1 Å². The van der Waals surface area contributed by atoms with E-state index in [0.29, 0.717) is 6.04 Å². The van der Waals surface area contributed by atoms with Crippen molar-refractivity contribution in [3.8, 4) is 5.75 Å². The molecule has 5 nitrogen and oxygen atoms in total. The fourth-order valence-electron chi connectivity index (χ4n) is 3.91. The van der Waals surface area contributed by atoms with Crippen LogP contribution >= 0.6 is 0 Å². The number of aliphatic hydroxyl groups excluding tert-OH is 1. The molecular weight excluding hydrogens is 316 g/mol. The van der Waals surface area contributed by atoms with Gasteiger partial charge in [-0.2, -0.15) is 0 Å². The van der Waals surface area contributed by atoms with Gasteiger partial charge in [0.05, 0.1) is 26.4 Å². The highest BCUT2D eigenvalue weighted by atomic mass is 16.5. The highest BCUT2D eigenvalue weighted by Gasteiger charge is 2.25. The first kappa shape index (κ1) is 18.6. The van der Waals surface area contributed by atoms with Gasteiger partial charge in [-0.15, -0.1) is 0 Å². The van der Waals surface area contributed by atoms with Crippen molar-refractivity contribution >= 4 is 0 Å². The number of rotatable bonds is 7. The summed E-state index contributed by atoms with van der Waals surface area (Å²) >= 11 is 0. The SMILES string of the molecule is COc1cccc(CN(CCN2CCOCC2)C2CCC(O)CC2)c1. The van der Waals surface area contributed by atoms with Gasteiger partial charge in [-0.25, -0.2) is 0 Å². The molecule has 140 valence electrons. The molecule has 1 aromatic carbocycles. The van der Waals surface area contributed by atoms with Crippen LogP contribution in [-0.4, -0.2) is 73.6 Å². The Bertz CT molecular complexity index is 511. The van der Waals surface area contributed by atoms with Crippen LogP contribution in [0.1, 0.15) is 31.2 Å². The van der Waals surface area contributed by atoms with Gasteiger partial charge >= 0.3 is 0 Å². The quantitative estimate of drug-likeness (QED) is 0.818. The van der Waals surface area contributed by atoms with E-state index in [2.05, 4.69) is 28.0 Å². The van der Waals surface area contributed by atoms with E-state index in [-0.39, 0.29) is 6.10 Å². The van der Waals surface area contributed by atoms with E-state index in [0.717, 1.165) is 77.4 Å². The number of ether oxygens (including phenoxy) is 2. The fraction of sp³-hybridized carbons (Fsp3) is 0.700. The molecule has 3 rings (SSSR count). The summed E-state index contributed by atoms with van der Waals surface area (Å²) < 4.78 is 10.8. The van der Waals surface area contributed by atoms with Gasteiger partial charge in [0, 0.05) is 38.8 Å². The topological polar surface area (TPSA) is 45.2 Å². The molecule has 1 saturated carbocycles. The summed E-state index contributed by atoms with van der Waals surface area (Å²) in [4.78, 5) is 5.11. The summed E-state index contributed by atoms with van der Waals surface area (Å²) in [6.45, 7) is 6.89. The number of nitrogens with zero attached hydrogens (tertiary/aromatic N) is 2. The highest BCUT2D eigenvalue weighted by molar-refractivity contribution is 5.28. The number of hydrogen-bond donors (Lipinski definition) is 1. The maximum absolute atomic E-state index is 9.84. The zero-order valence-electron chi connectivity index (χ0n) is 15.4. The van der Waals surface area contributed by atoms with E-state index < -0.39 is 0 Å². The van der Waals surface area contributed by atoms with E-state index in [9.17, 15) is 5.11 Å². The van der Waals surface area contributed by atoms with Crippen LogP contribution in [0.3, 0.4) is 0 Å². The molecule has 0 spiro atoms. The lowest BCUT2D eigenvalue weighted by Crippen LogP contribution is -2.45. The Morgan fingerprint density at radius 1 is 1.20 bits per heavy atom. The van der Waals surface area contributed by atoms with E-state index in [1.54, 1.807) is 7.11 Å². The molecule has 2 fully saturated rings. The van der Waals surface area contributed by atoms with Crippen LogP contribution < -0.4 is 4.74 Å². The molecule has 0 atom stereocenters. The third-order valence-corrected chi connectivity index (χ3v) is 5.51. The van der Waals surface area contributed by atoms with Gasteiger partial charge in [-0.05, 0) is 43.4 Å². The van der Waals surface area contributed by atoms with Crippen molar-refractivity contribution in [2.75, 3.05) is 46.5 Å². The van der Waals surface area contributed by atoms with Crippen molar-refractivity contribution in [3.05, 3.63) is 29.8 Å². The zero-order valence-corrected chi connectivity index (χ0v) is 15.4. The average Bonchev–Trinajstić information content (AvgIpc) is 2.67. The van der Waals surface area contributed by atoms with Gasteiger partial charge in [0.15, 0.2) is 0 Å². The molecule has 0 unspecified atom stereocenters. The zero-order chi connectivity index (χ0) is 17.5. The fourth-order valence-corrected chi connectivity index (χ4v) is 3.91. The van der Waals surface area contributed by atoms with E-state index in [4.69, 9.17) is 9.47 Å². The number of hydrogen-bond acceptors (Lipinski definition) is 5. The van der Waals surface area contributed by atoms with Crippen molar-refractivity contribution in [2.45, 2.75) is 44.4 Å². The minimum absolute atomic E-state index is 0.103. The van der Waals surface area contributed by atoms with Crippen LogP contribution in [0.2, 0.25) is 0 Å². The van der Waals surface area contributed by atoms with Gasteiger partial charge in [-0.3, -0.25) is 9.80 Å². The molecule has 1 saturated heterocycles. The molecule has 2 aliphatic rings. The molecule has 0 bridgehead atoms. The number of methoxy groups -OCH3 is 1. The standard InChI is InChI=1S/C20H32N2O3/c1-24-20-4-2-3-17(15-20)16-22(18-5-7-19(23)8-6-18)10-9-21-11-13-25-14-12-21/h2-4,15,18-19,23H,5-14,16H2,1H3. The molecule has 0 radical (unpaired) electrons. The first-order valence-electron chi connectivity index (χ1n) is 9.60. The highest BCUT2D eigenvalue weighted by Crippen LogP contribution is 2.25. The molecule has 1 N–H and O–H groups in total. The van der Waals surface area contributed by atoms with Crippen molar-refractivity contribution in [2.24, 2.45) is 0 Å². The van der Waals surface area contributed by atoms with Crippen LogP contribution in [-0.2, 0) is 11.3 Å². The summed E-state index contributed by atoms with van der Waals surface area (Å²) in [6.07, 6.45) is 3.94. The molecule has 5 heteroatoms. The van der Waals surface area contributed by atoms with Gasteiger partial charge < -0.3 is 14.6 Å². The molecule has 1 aliphatic carbocycles. The van der Waals surface area contributed by atoms with Crippen LogP contribution in [0.15, 0.2) is 24.3 Å². The normalized spacial score (nSPS) is 25.2. The molecular formula is C20H32N2O3. The molecule has 1 heterocycles. The van der Waals surface area contributed by atoms with Crippen molar-refractivity contribution < 1.29 is 14.6 Å². The molecule has 25 heavy (non-hydrogen) atoms. The molecule has 1 aromatic rings. The smallest absolute Gasteiger partial charge is 0.119 e. The Labute approximate surface area is 151 Å². The third kappa shape index (κ3) is 5.68. The third-order valence-electron chi connectivity index (χ3n) is 5.51. The van der Waals surface area contributed by atoms with Crippen LogP contribution in [0.25, 0.3) is 0 Å². The largest absolute Gasteiger partial charge is 0.497 e. The van der Waals surface area contributed by atoms with Crippen LogP contribution in [0.5, 0.6) is 5.75 Å². The Morgan fingerprint density at radius 3 is 2.68 bits per heavy atom. The molecule has 1 aliphatic heterocycles. The summed E-state index contributed by atoms with van der Waals surface area (Å²) in [5, 5.41) is 9.84. The minimum atomic E-state index is -0.103. The predicted octanol–water partition coefficient (Wildman–Crippen LogP) is 2.13. The first-order valence-corrected chi connectivity index (χ1v) is 9.60. The molecule has 0 amide bonds. The first-order chi connectivity index (χ1) is 12.2. The van der Waals surface area contributed by atoms with Gasteiger partial charge in [0.25, 0.3) is 0 Å². The summed E-state index contributed by atoms with van der Waals surface area (Å²) in [5.74, 6) is 0.921. The van der Waals surface area contributed by atoms with Crippen molar-refractivity contribution in [3.63, 3.8) is 0 Å². The van der Waals surface area contributed by atoms with Gasteiger partial charge in [0.2, 0.25) is 0 Å². The van der Waals surface area contributed by atoms with Crippen LogP contribution in [0.4, 0.5) is 0 Å². The Morgan fingerprint density at radius 2 is 1.96 bits per heavy atom. The van der Waals surface area contributed by atoms with Crippen molar-refractivity contribution in [1.82, 2.24) is 9.80 Å². The lowest BCUT2D eigenvalue weighted by Gasteiger charge is -2.37. The van der Waals surface area contributed by atoms with E-state index >= 15 is 0 Å². The second kappa shape index (κ2) is 9.53. The second-order valence-corrected chi connectivity index (χ2v) is 7.24. The monoisotopic (exact) mass is 348 g/mol. The number of morpholine rings is 1. The van der Waals surface area contributed by atoms with Crippen molar-refractivity contribution in [1.29, 1.82) is 0 Å². The lowest BCUT2D eigenvalue weighted by molar-refractivity contribution is 0.0237. The number of benzene rings is 1. The summed E-state index contributed by atoms with van der Waals surface area (Å²) in [7, 11) is 1.72. The molecule has 0 aromatic heterocycles. The Balaban J connectivity index is 1.62. The van der Waals surface area contributed by atoms with E-state index in [1.165, 1.54) is 5.56 Å². The maximum Gasteiger partial charge on any atom is 0.119 e. The number of aliphatic hydroxyl groups is 1.